The molecule has 0 aromatic heterocycles. The highest BCUT2D eigenvalue weighted by Gasteiger charge is 2.44. The zero-order valence-corrected chi connectivity index (χ0v) is 11.0. The van der Waals surface area contributed by atoms with Crippen LogP contribution >= 0.6 is 22.7 Å². The van der Waals surface area contributed by atoms with Crippen molar-refractivity contribution in [3.63, 3.8) is 0 Å². The van der Waals surface area contributed by atoms with Crippen LogP contribution in [0, 0.1) is 0 Å². The highest BCUT2D eigenvalue weighted by Crippen LogP contribution is 2.50. The summed E-state index contributed by atoms with van der Waals surface area (Å²) in [7, 11) is -1.58. The average molecular weight is 237 g/mol. The largest absolute Gasteiger partial charge is 0.166 e. The SMILES string of the molecule is CC(C)(C=CCl)[Si]1(Cl)CCCCC1. The molecule has 0 bridgehead atoms. The molecule has 0 aromatic carbocycles. The van der Waals surface area contributed by atoms with Gasteiger partial charge in [0.05, 0.1) is 0 Å². The van der Waals surface area contributed by atoms with Crippen LogP contribution in [-0.4, -0.2) is 7.38 Å². The Hall–Kier alpha value is 0.537. The number of halogens is 2. The van der Waals surface area contributed by atoms with Gasteiger partial charge < -0.3 is 0 Å². The van der Waals surface area contributed by atoms with Gasteiger partial charge in [-0.3, -0.25) is 0 Å². The van der Waals surface area contributed by atoms with Gasteiger partial charge in [0.15, 0.2) is 7.38 Å². The molecule has 0 nitrogen and oxygen atoms in total. The Morgan fingerprint density at radius 2 is 1.69 bits per heavy atom. The predicted octanol–water partition coefficient (Wildman–Crippen LogP) is 4.89. The molecule has 0 unspecified atom stereocenters. The van der Waals surface area contributed by atoms with Gasteiger partial charge in [0.1, 0.15) is 0 Å². The smallest absolute Gasteiger partial charge is 0.165 e. The van der Waals surface area contributed by atoms with Crippen molar-refractivity contribution in [1.82, 2.24) is 0 Å². The van der Waals surface area contributed by atoms with Crippen LogP contribution in [0.3, 0.4) is 0 Å². The van der Waals surface area contributed by atoms with Crippen molar-refractivity contribution in [1.29, 1.82) is 0 Å². The van der Waals surface area contributed by atoms with Gasteiger partial charge in [0.2, 0.25) is 0 Å². The van der Waals surface area contributed by atoms with Crippen molar-refractivity contribution in [3.8, 4) is 0 Å². The second-order valence-electron chi connectivity index (χ2n) is 4.54. The maximum atomic E-state index is 6.77. The van der Waals surface area contributed by atoms with Crippen LogP contribution in [0.1, 0.15) is 33.1 Å². The molecule has 1 aliphatic rings. The predicted molar refractivity (Wildman–Crippen MR) is 64.1 cm³/mol. The zero-order chi connectivity index (χ0) is 9.95. The van der Waals surface area contributed by atoms with Crippen LogP contribution in [0.2, 0.25) is 17.1 Å². The normalized spacial score (nSPS) is 23.7. The minimum absolute atomic E-state index is 0.150. The molecule has 0 spiro atoms. The van der Waals surface area contributed by atoms with E-state index in [0.29, 0.717) is 0 Å². The number of rotatable bonds is 2. The summed E-state index contributed by atoms with van der Waals surface area (Å²) in [6.45, 7) is 4.47. The van der Waals surface area contributed by atoms with Gasteiger partial charge >= 0.3 is 0 Å². The summed E-state index contributed by atoms with van der Waals surface area (Å²) >= 11 is 12.4. The molecule has 1 aliphatic heterocycles. The maximum absolute atomic E-state index is 6.77. The van der Waals surface area contributed by atoms with E-state index >= 15 is 0 Å². The lowest BCUT2D eigenvalue weighted by molar-refractivity contribution is 0.676. The third kappa shape index (κ3) is 2.51. The van der Waals surface area contributed by atoms with E-state index in [2.05, 4.69) is 19.9 Å². The molecule has 1 saturated heterocycles. The molecule has 0 atom stereocenters. The number of hydrogen-bond acceptors (Lipinski definition) is 0. The van der Waals surface area contributed by atoms with E-state index in [1.165, 1.54) is 31.4 Å². The lowest BCUT2D eigenvalue weighted by Gasteiger charge is -2.40. The van der Waals surface area contributed by atoms with E-state index < -0.39 is 7.38 Å². The van der Waals surface area contributed by atoms with E-state index in [0.717, 1.165) is 0 Å². The number of allylic oxidation sites excluding steroid dienone is 1. The first-order valence-corrected chi connectivity index (χ1v) is 8.85. The quantitative estimate of drug-likeness (QED) is 0.474. The summed E-state index contributed by atoms with van der Waals surface area (Å²) < 4.78 is 0. The van der Waals surface area contributed by atoms with Crippen LogP contribution in [0.15, 0.2) is 11.6 Å². The van der Waals surface area contributed by atoms with Crippen molar-refractivity contribution < 1.29 is 0 Å². The van der Waals surface area contributed by atoms with Crippen LogP contribution < -0.4 is 0 Å². The lowest BCUT2D eigenvalue weighted by Crippen LogP contribution is -2.40. The van der Waals surface area contributed by atoms with E-state index in [-0.39, 0.29) is 5.04 Å². The summed E-state index contributed by atoms with van der Waals surface area (Å²) in [5, 5.41) is 0.150. The molecular formula is C10H18Cl2Si. The van der Waals surface area contributed by atoms with Crippen molar-refractivity contribution in [2.75, 3.05) is 0 Å². The Balaban J connectivity index is 2.76. The first-order valence-electron chi connectivity index (χ1n) is 4.99. The Morgan fingerprint density at radius 1 is 1.15 bits per heavy atom. The van der Waals surface area contributed by atoms with E-state index in [1.54, 1.807) is 5.54 Å². The molecule has 0 radical (unpaired) electrons. The molecule has 76 valence electrons. The van der Waals surface area contributed by atoms with E-state index in [1.807, 2.05) is 0 Å². The highest BCUT2D eigenvalue weighted by atomic mass is 35.6. The van der Waals surface area contributed by atoms with Crippen LogP contribution in [-0.2, 0) is 0 Å². The van der Waals surface area contributed by atoms with Gasteiger partial charge in [0, 0.05) is 5.54 Å². The molecule has 3 heteroatoms. The van der Waals surface area contributed by atoms with Crippen LogP contribution in [0.4, 0.5) is 0 Å². The molecule has 1 heterocycles. The van der Waals surface area contributed by atoms with Crippen molar-refractivity contribution in [3.05, 3.63) is 11.6 Å². The Kier molecular flexibility index (Phi) is 3.90. The third-order valence-electron chi connectivity index (χ3n) is 3.28. The minimum Gasteiger partial charge on any atom is -0.166 e. The van der Waals surface area contributed by atoms with Crippen LogP contribution in [0.25, 0.3) is 0 Å². The maximum Gasteiger partial charge on any atom is 0.165 e. The Labute approximate surface area is 92.0 Å². The first kappa shape index (κ1) is 11.6. The second-order valence-corrected chi connectivity index (χ2v) is 11.2. The standard InChI is InChI=1S/C10H18Cl2Si/c1-10(2,6-7-11)13(12)8-4-3-5-9-13/h6-7H,3-5,8-9H2,1-2H3. The molecule has 0 aliphatic carbocycles. The van der Waals surface area contributed by atoms with Crippen molar-refractivity contribution in [2.24, 2.45) is 0 Å². The molecule has 1 rings (SSSR count). The second kappa shape index (κ2) is 4.37. The molecule has 0 saturated carbocycles. The fourth-order valence-electron chi connectivity index (χ4n) is 2.06. The fourth-order valence-corrected chi connectivity index (χ4v) is 7.02. The van der Waals surface area contributed by atoms with E-state index in [9.17, 15) is 0 Å². The van der Waals surface area contributed by atoms with Crippen LogP contribution in [0.5, 0.6) is 0 Å². The van der Waals surface area contributed by atoms with Crippen molar-refractivity contribution in [2.45, 2.75) is 50.2 Å². The molecule has 0 aromatic rings. The van der Waals surface area contributed by atoms with Gasteiger partial charge in [-0.05, 0) is 17.1 Å². The van der Waals surface area contributed by atoms with Gasteiger partial charge in [0.25, 0.3) is 0 Å². The van der Waals surface area contributed by atoms with Gasteiger partial charge in [-0.15, -0.1) is 0 Å². The summed E-state index contributed by atoms with van der Waals surface area (Å²) in [6, 6.07) is 2.51. The monoisotopic (exact) mass is 236 g/mol. The third-order valence-corrected chi connectivity index (χ3v) is 10.8. The van der Waals surface area contributed by atoms with Gasteiger partial charge in [-0.25, -0.2) is 0 Å². The lowest BCUT2D eigenvalue weighted by atomic mass is 10.2. The molecule has 0 N–H and O–H groups in total. The molecule has 1 fully saturated rings. The Bertz CT molecular complexity index is 193. The van der Waals surface area contributed by atoms with Gasteiger partial charge in [-0.1, -0.05) is 50.8 Å². The highest BCUT2D eigenvalue weighted by molar-refractivity contribution is 7.22. The van der Waals surface area contributed by atoms with Crippen molar-refractivity contribution >= 4 is 30.1 Å². The Morgan fingerprint density at radius 3 is 2.15 bits per heavy atom. The topological polar surface area (TPSA) is 0 Å². The number of hydrogen-bond donors (Lipinski definition) is 0. The molecule has 13 heavy (non-hydrogen) atoms. The van der Waals surface area contributed by atoms with E-state index in [4.69, 9.17) is 22.7 Å². The minimum atomic E-state index is -1.58. The zero-order valence-electron chi connectivity index (χ0n) is 8.45. The fraction of sp³-hybridized carbons (Fsp3) is 0.800. The summed E-state index contributed by atoms with van der Waals surface area (Å²) in [4.78, 5) is 0. The summed E-state index contributed by atoms with van der Waals surface area (Å²) in [5.41, 5.74) is 1.63. The molecular weight excluding hydrogens is 219 g/mol. The average Bonchev–Trinajstić information content (AvgIpc) is 2.05. The first-order chi connectivity index (χ1) is 6.02. The summed E-state index contributed by atoms with van der Waals surface area (Å²) in [5.74, 6) is 0. The van der Waals surface area contributed by atoms with Gasteiger partial charge in [-0.2, -0.15) is 11.1 Å². The summed E-state index contributed by atoms with van der Waals surface area (Å²) in [6.07, 6.45) is 6.08. The molecule has 0 amide bonds.